The van der Waals surface area contributed by atoms with E-state index in [0.717, 1.165) is 17.2 Å². The second kappa shape index (κ2) is 6.67. The fourth-order valence-corrected chi connectivity index (χ4v) is 1.90. The van der Waals surface area contributed by atoms with E-state index in [4.69, 9.17) is 5.21 Å². The molecule has 1 aromatic heterocycles. The quantitative estimate of drug-likeness (QED) is 0.510. The van der Waals surface area contributed by atoms with Crippen molar-refractivity contribution >= 4 is 12.0 Å². The number of carbonyl (C=O) groups is 1. The summed E-state index contributed by atoms with van der Waals surface area (Å²) in [7, 11) is 0. The predicted molar refractivity (Wildman–Crippen MR) is 79.9 cm³/mol. The van der Waals surface area contributed by atoms with E-state index in [-0.39, 0.29) is 5.56 Å². The Morgan fingerprint density at radius 3 is 2.67 bits per heavy atom. The lowest BCUT2D eigenvalue weighted by Crippen LogP contribution is -2.22. The molecule has 0 aliphatic heterocycles. The van der Waals surface area contributed by atoms with Gasteiger partial charge in [0, 0.05) is 17.8 Å². The highest BCUT2D eigenvalue weighted by atomic mass is 16.5. The summed E-state index contributed by atoms with van der Waals surface area (Å²) in [6, 6.07) is 11.3. The Hall–Kier alpha value is -2.66. The number of benzene rings is 1. The molecule has 0 unspecified atom stereocenters. The number of hydrogen-bond donors (Lipinski definition) is 2. The Morgan fingerprint density at radius 2 is 2.00 bits per heavy atom. The first kappa shape index (κ1) is 14.7. The second-order valence-electron chi connectivity index (χ2n) is 4.69. The zero-order chi connectivity index (χ0) is 15.2. The summed E-state index contributed by atoms with van der Waals surface area (Å²) in [5.41, 5.74) is 3.86. The lowest BCUT2D eigenvalue weighted by Gasteiger charge is -2.07. The summed E-state index contributed by atoms with van der Waals surface area (Å²) >= 11 is 0. The van der Waals surface area contributed by atoms with Gasteiger partial charge in [0.15, 0.2) is 0 Å². The Bertz CT molecular complexity index is 715. The van der Waals surface area contributed by atoms with E-state index in [2.05, 4.69) is 0 Å². The Balaban J connectivity index is 2.25. The van der Waals surface area contributed by atoms with E-state index in [9.17, 15) is 9.59 Å². The van der Waals surface area contributed by atoms with Crippen LogP contribution in [0.3, 0.4) is 0 Å². The topological polar surface area (TPSA) is 71.3 Å². The van der Waals surface area contributed by atoms with Gasteiger partial charge in [-0.25, -0.2) is 5.48 Å². The largest absolute Gasteiger partial charge is 0.311 e. The van der Waals surface area contributed by atoms with Crippen molar-refractivity contribution in [1.82, 2.24) is 10.0 Å². The standard InChI is InChI=1S/C16H16N2O3/c1-12-4-6-13(7-5-12)11-18-10-2-3-14(16(18)20)8-9-15(19)17-21/h2-10,21H,11H2,1H3,(H,17,19)/b9-8+. The number of aromatic nitrogens is 1. The van der Waals surface area contributed by atoms with Crippen molar-refractivity contribution in [3.63, 3.8) is 0 Å². The minimum Gasteiger partial charge on any atom is -0.311 e. The molecule has 1 heterocycles. The van der Waals surface area contributed by atoms with Crippen LogP contribution in [0.2, 0.25) is 0 Å². The van der Waals surface area contributed by atoms with E-state index in [1.165, 1.54) is 11.6 Å². The molecule has 0 spiro atoms. The molecule has 2 aromatic rings. The highest BCUT2D eigenvalue weighted by molar-refractivity contribution is 5.90. The molecule has 0 aliphatic carbocycles. The molecule has 0 fully saturated rings. The van der Waals surface area contributed by atoms with Gasteiger partial charge in [-0.3, -0.25) is 14.8 Å². The number of hydroxylamine groups is 1. The van der Waals surface area contributed by atoms with Crippen LogP contribution in [0.1, 0.15) is 16.7 Å². The van der Waals surface area contributed by atoms with Crippen LogP contribution in [0, 0.1) is 6.92 Å². The number of aryl methyl sites for hydroxylation is 1. The average Bonchev–Trinajstić information content (AvgIpc) is 2.50. The number of pyridine rings is 1. The van der Waals surface area contributed by atoms with Crippen LogP contribution in [0.4, 0.5) is 0 Å². The van der Waals surface area contributed by atoms with Gasteiger partial charge < -0.3 is 4.57 Å². The third-order valence-corrected chi connectivity index (χ3v) is 3.05. The van der Waals surface area contributed by atoms with Crippen molar-refractivity contribution in [1.29, 1.82) is 0 Å². The number of hydrogen-bond acceptors (Lipinski definition) is 3. The van der Waals surface area contributed by atoms with E-state index >= 15 is 0 Å². The van der Waals surface area contributed by atoms with Gasteiger partial charge in [0.05, 0.1) is 6.54 Å². The van der Waals surface area contributed by atoms with Crippen molar-refractivity contribution in [2.75, 3.05) is 0 Å². The summed E-state index contributed by atoms with van der Waals surface area (Å²) in [6.07, 6.45) is 4.18. The van der Waals surface area contributed by atoms with Crippen LogP contribution in [-0.2, 0) is 11.3 Å². The van der Waals surface area contributed by atoms with Crippen molar-refractivity contribution < 1.29 is 10.0 Å². The fourth-order valence-electron chi connectivity index (χ4n) is 1.90. The van der Waals surface area contributed by atoms with Gasteiger partial charge in [-0.05, 0) is 30.7 Å². The number of nitrogens with one attached hydrogen (secondary N) is 1. The van der Waals surface area contributed by atoms with Gasteiger partial charge in [0.25, 0.3) is 11.5 Å². The maximum Gasteiger partial charge on any atom is 0.267 e. The van der Waals surface area contributed by atoms with Gasteiger partial charge in [0.1, 0.15) is 0 Å². The van der Waals surface area contributed by atoms with Gasteiger partial charge >= 0.3 is 0 Å². The van der Waals surface area contributed by atoms with Crippen LogP contribution in [-0.4, -0.2) is 15.7 Å². The van der Waals surface area contributed by atoms with E-state index in [1.54, 1.807) is 22.9 Å². The lowest BCUT2D eigenvalue weighted by molar-refractivity contribution is -0.124. The van der Waals surface area contributed by atoms with Crippen molar-refractivity contribution in [2.24, 2.45) is 0 Å². The molecule has 0 radical (unpaired) electrons. The van der Waals surface area contributed by atoms with Gasteiger partial charge in [0.2, 0.25) is 0 Å². The first-order valence-electron chi connectivity index (χ1n) is 6.47. The number of carbonyl (C=O) groups excluding carboxylic acids is 1. The molecular formula is C16H16N2O3. The van der Waals surface area contributed by atoms with E-state index < -0.39 is 5.91 Å². The first-order chi connectivity index (χ1) is 10.1. The summed E-state index contributed by atoms with van der Waals surface area (Å²) in [4.78, 5) is 23.2. The molecule has 1 amide bonds. The van der Waals surface area contributed by atoms with E-state index in [0.29, 0.717) is 12.1 Å². The minimum absolute atomic E-state index is 0.194. The van der Waals surface area contributed by atoms with Crippen LogP contribution < -0.4 is 11.0 Å². The normalized spacial score (nSPS) is 10.8. The second-order valence-corrected chi connectivity index (χ2v) is 4.69. The molecule has 0 atom stereocenters. The summed E-state index contributed by atoms with van der Waals surface area (Å²) in [5, 5.41) is 8.42. The van der Waals surface area contributed by atoms with Gasteiger partial charge in [-0.1, -0.05) is 29.8 Å². The van der Waals surface area contributed by atoms with Crippen LogP contribution in [0.15, 0.2) is 53.5 Å². The predicted octanol–water partition coefficient (Wildman–Crippen LogP) is 1.72. The molecule has 1 aromatic carbocycles. The zero-order valence-corrected chi connectivity index (χ0v) is 11.6. The molecule has 0 aliphatic rings. The molecule has 2 N–H and O–H groups in total. The van der Waals surface area contributed by atoms with E-state index in [1.807, 2.05) is 31.2 Å². The fraction of sp³-hybridized carbons (Fsp3) is 0.125. The molecule has 21 heavy (non-hydrogen) atoms. The van der Waals surface area contributed by atoms with Crippen molar-refractivity contribution in [2.45, 2.75) is 13.5 Å². The Morgan fingerprint density at radius 1 is 1.29 bits per heavy atom. The third kappa shape index (κ3) is 3.90. The monoisotopic (exact) mass is 284 g/mol. The Kier molecular flexibility index (Phi) is 4.68. The third-order valence-electron chi connectivity index (χ3n) is 3.05. The molecule has 0 saturated heterocycles. The number of nitrogens with zero attached hydrogens (tertiary/aromatic N) is 1. The maximum absolute atomic E-state index is 12.3. The van der Waals surface area contributed by atoms with Crippen LogP contribution in [0.25, 0.3) is 6.08 Å². The minimum atomic E-state index is -0.677. The molecule has 108 valence electrons. The molecule has 5 heteroatoms. The van der Waals surface area contributed by atoms with Crippen molar-refractivity contribution in [3.05, 3.63) is 75.7 Å². The molecule has 5 nitrogen and oxygen atoms in total. The Labute approximate surface area is 122 Å². The summed E-state index contributed by atoms with van der Waals surface area (Å²) in [6.45, 7) is 2.47. The van der Waals surface area contributed by atoms with Gasteiger partial charge in [-0.2, -0.15) is 0 Å². The SMILES string of the molecule is Cc1ccc(Cn2cccc(/C=C/C(=O)NO)c2=O)cc1. The van der Waals surface area contributed by atoms with Crippen molar-refractivity contribution in [3.8, 4) is 0 Å². The highest BCUT2D eigenvalue weighted by Crippen LogP contribution is 2.05. The van der Waals surface area contributed by atoms with Gasteiger partial charge in [-0.15, -0.1) is 0 Å². The van der Waals surface area contributed by atoms with Crippen LogP contribution in [0.5, 0.6) is 0 Å². The highest BCUT2D eigenvalue weighted by Gasteiger charge is 2.02. The molecule has 0 saturated carbocycles. The average molecular weight is 284 g/mol. The number of rotatable bonds is 4. The zero-order valence-electron chi connectivity index (χ0n) is 11.6. The van der Waals surface area contributed by atoms with Crippen LogP contribution >= 0.6 is 0 Å². The lowest BCUT2D eigenvalue weighted by atomic mass is 10.1. The number of amides is 1. The summed E-state index contributed by atoms with van der Waals surface area (Å²) in [5.74, 6) is -0.677. The molecule has 0 bridgehead atoms. The molecule has 2 rings (SSSR count). The molecular weight excluding hydrogens is 268 g/mol. The maximum atomic E-state index is 12.3. The summed E-state index contributed by atoms with van der Waals surface area (Å²) < 4.78 is 1.57. The smallest absolute Gasteiger partial charge is 0.267 e. The first-order valence-corrected chi connectivity index (χ1v) is 6.47.